The third-order valence-electron chi connectivity index (χ3n) is 5.16. The number of hydrogen-bond donors (Lipinski definition) is 2. The Morgan fingerprint density at radius 1 is 1.25 bits per heavy atom. The molecule has 1 aromatic rings. The maximum atomic E-state index is 14.3. The first-order valence-electron chi connectivity index (χ1n) is 9.17. The Balaban J connectivity index is 1.58. The summed E-state index contributed by atoms with van der Waals surface area (Å²) in [6.07, 6.45) is 5.84. The number of anilines is 1. The third-order valence-corrected chi connectivity index (χ3v) is 5.16. The number of benzene rings is 1. The maximum Gasteiger partial charge on any atom is 0.224 e. The predicted molar refractivity (Wildman–Crippen MR) is 94.5 cm³/mol. The standard InChI is InChI=1S/C19H28FN3O/c20-18-5-4-16(22-19(24)12-14-2-3-14)13-17(18)15-6-10-23(11-7-15)9-1-8-21/h4-5,13-15H,1-3,6-12,21H2,(H,22,24). The normalized spacial score (nSPS) is 19.4. The fraction of sp³-hybridized carbons (Fsp3) is 0.632. The first-order chi connectivity index (χ1) is 11.7. The molecule has 0 spiro atoms. The van der Waals surface area contributed by atoms with E-state index < -0.39 is 0 Å². The molecular formula is C19H28FN3O. The van der Waals surface area contributed by atoms with Crippen LogP contribution in [-0.4, -0.2) is 37.0 Å². The Hall–Kier alpha value is -1.46. The van der Waals surface area contributed by atoms with E-state index in [4.69, 9.17) is 5.73 Å². The molecule has 1 aromatic carbocycles. The molecule has 0 atom stereocenters. The summed E-state index contributed by atoms with van der Waals surface area (Å²) in [5.41, 5.74) is 7.04. The number of carbonyl (C=O) groups excluding carboxylic acids is 1. The number of rotatable bonds is 7. The number of halogens is 1. The molecule has 4 nitrogen and oxygen atoms in total. The Kier molecular flexibility index (Phi) is 5.85. The minimum Gasteiger partial charge on any atom is -0.330 e. The lowest BCUT2D eigenvalue weighted by atomic mass is 9.88. The van der Waals surface area contributed by atoms with Crippen LogP contribution in [0, 0.1) is 11.7 Å². The van der Waals surface area contributed by atoms with Gasteiger partial charge in [-0.25, -0.2) is 4.39 Å². The van der Waals surface area contributed by atoms with Crippen LogP contribution in [0.1, 0.15) is 50.0 Å². The van der Waals surface area contributed by atoms with Gasteiger partial charge in [-0.1, -0.05) is 0 Å². The summed E-state index contributed by atoms with van der Waals surface area (Å²) in [6.45, 7) is 3.73. The van der Waals surface area contributed by atoms with E-state index in [1.54, 1.807) is 6.07 Å². The molecule has 0 unspecified atom stereocenters. The zero-order valence-electron chi connectivity index (χ0n) is 14.3. The van der Waals surface area contributed by atoms with Gasteiger partial charge in [-0.3, -0.25) is 4.79 Å². The van der Waals surface area contributed by atoms with Crippen LogP contribution in [-0.2, 0) is 4.79 Å². The Morgan fingerprint density at radius 3 is 2.67 bits per heavy atom. The van der Waals surface area contributed by atoms with Gasteiger partial charge < -0.3 is 16.0 Å². The van der Waals surface area contributed by atoms with E-state index in [2.05, 4.69) is 10.2 Å². The van der Waals surface area contributed by atoms with Crippen molar-refractivity contribution in [3.63, 3.8) is 0 Å². The predicted octanol–water partition coefficient (Wildman–Crippen LogP) is 3.09. The maximum absolute atomic E-state index is 14.3. The van der Waals surface area contributed by atoms with Gasteiger partial charge >= 0.3 is 0 Å². The average molecular weight is 333 g/mol. The van der Waals surface area contributed by atoms with Gasteiger partial charge in [0.1, 0.15) is 5.82 Å². The van der Waals surface area contributed by atoms with E-state index >= 15 is 0 Å². The van der Waals surface area contributed by atoms with Gasteiger partial charge in [0.25, 0.3) is 0 Å². The Labute approximate surface area is 143 Å². The quantitative estimate of drug-likeness (QED) is 0.806. The summed E-state index contributed by atoms with van der Waals surface area (Å²) in [5.74, 6) is 0.685. The molecule has 1 heterocycles. The molecule has 1 saturated heterocycles. The molecule has 1 aliphatic heterocycles. The molecule has 3 N–H and O–H groups in total. The lowest BCUT2D eigenvalue weighted by Gasteiger charge is -2.32. The molecule has 132 valence electrons. The molecule has 1 aliphatic carbocycles. The first-order valence-corrected chi connectivity index (χ1v) is 9.17. The van der Waals surface area contributed by atoms with Gasteiger partial charge in [-0.05, 0) is 93.9 Å². The number of piperidine rings is 1. The highest BCUT2D eigenvalue weighted by Gasteiger charge is 2.25. The second-order valence-corrected chi connectivity index (χ2v) is 7.19. The fourth-order valence-electron chi connectivity index (χ4n) is 3.51. The zero-order valence-corrected chi connectivity index (χ0v) is 14.3. The van der Waals surface area contributed by atoms with E-state index in [0.29, 0.717) is 12.3 Å². The fourth-order valence-corrected chi connectivity index (χ4v) is 3.51. The smallest absolute Gasteiger partial charge is 0.224 e. The van der Waals surface area contributed by atoms with Crippen molar-refractivity contribution >= 4 is 11.6 Å². The third kappa shape index (κ3) is 4.77. The number of hydrogen-bond acceptors (Lipinski definition) is 3. The molecule has 24 heavy (non-hydrogen) atoms. The lowest BCUT2D eigenvalue weighted by molar-refractivity contribution is -0.116. The van der Waals surface area contributed by atoms with Crippen molar-refractivity contribution in [3.8, 4) is 0 Å². The number of nitrogens with one attached hydrogen (secondary N) is 1. The number of nitrogens with zero attached hydrogens (tertiary/aromatic N) is 1. The molecule has 0 bridgehead atoms. The molecule has 0 radical (unpaired) electrons. The highest BCUT2D eigenvalue weighted by atomic mass is 19.1. The van der Waals surface area contributed by atoms with Crippen LogP contribution in [0.25, 0.3) is 0 Å². The highest BCUT2D eigenvalue weighted by Crippen LogP contribution is 2.34. The Bertz CT molecular complexity index is 566. The van der Waals surface area contributed by atoms with Crippen LogP contribution < -0.4 is 11.1 Å². The van der Waals surface area contributed by atoms with Crippen molar-refractivity contribution in [2.75, 3.05) is 31.5 Å². The monoisotopic (exact) mass is 333 g/mol. The summed E-state index contributed by atoms with van der Waals surface area (Å²) < 4.78 is 14.3. The van der Waals surface area contributed by atoms with E-state index in [0.717, 1.165) is 69.5 Å². The van der Waals surface area contributed by atoms with Crippen LogP contribution in [0.5, 0.6) is 0 Å². The minimum absolute atomic E-state index is 0.0478. The summed E-state index contributed by atoms with van der Waals surface area (Å²) in [5, 5.41) is 2.93. The SMILES string of the molecule is NCCCN1CCC(c2cc(NC(=O)CC3CC3)ccc2F)CC1. The van der Waals surface area contributed by atoms with Crippen molar-refractivity contribution in [1.82, 2.24) is 4.90 Å². The average Bonchev–Trinajstić information content (AvgIpc) is 3.39. The van der Waals surface area contributed by atoms with Crippen molar-refractivity contribution in [3.05, 3.63) is 29.6 Å². The molecule has 1 saturated carbocycles. The van der Waals surface area contributed by atoms with E-state index in [1.165, 1.54) is 6.07 Å². The Morgan fingerprint density at radius 2 is 2.00 bits per heavy atom. The van der Waals surface area contributed by atoms with Gasteiger partial charge in [0.2, 0.25) is 5.91 Å². The summed E-state index contributed by atoms with van der Waals surface area (Å²) in [6, 6.07) is 4.99. The van der Waals surface area contributed by atoms with Crippen LogP contribution in [0.4, 0.5) is 10.1 Å². The largest absolute Gasteiger partial charge is 0.330 e. The van der Waals surface area contributed by atoms with Gasteiger partial charge in [0.15, 0.2) is 0 Å². The van der Waals surface area contributed by atoms with Crippen molar-refractivity contribution in [1.29, 1.82) is 0 Å². The van der Waals surface area contributed by atoms with Crippen LogP contribution in [0.15, 0.2) is 18.2 Å². The van der Waals surface area contributed by atoms with Crippen LogP contribution in [0.2, 0.25) is 0 Å². The van der Waals surface area contributed by atoms with Gasteiger partial charge in [0, 0.05) is 12.1 Å². The summed E-state index contributed by atoms with van der Waals surface area (Å²) >= 11 is 0. The van der Waals surface area contributed by atoms with Crippen molar-refractivity contribution in [2.45, 2.75) is 44.4 Å². The van der Waals surface area contributed by atoms with Gasteiger partial charge in [-0.2, -0.15) is 0 Å². The zero-order chi connectivity index (χ0) is 16.9. The highest BCUT2D eigenvalue weighted by molar-refractivity contribution is 5.91. The number of amides is 1. The molecule has 5 heteroatoms. The van der Waals surface area contributed by atoms with Crippen LogP contribution >= 0.6 is 0 Å². The van der Waals surface area contributed by atoms with Crippen molar-refractivity contribution < 1.29 is 9.18 Å². The van der Waals surface area contributed by atoms with Gasteiger partial charge in [0.05, 0.1) is 0 Å². The van der Waals surface area contributed by atoms with Crippen molar-refractivity contribution in [2.24, 2.45) is 11.7 Å². The van der Waals surface area contributed by atoms with E-state index in [9.17, 15) is 9.18 Å². The minimum atomic E-state index is -0.157. The lowest BCUT2D eigenvalue weighted by Crippen LogP contribution is -2.34. The van der Waals surface area contributed by atoms with Crippen LogP contribution in [0.3, 0.4) is 0 Å². The van der Waals surface area contributed by atoms with Gasteiger partial charge in [-0.15, -0.1) is 0 Å². The molecule has 1 amide bonds. The van der Waals surface area contributed by atoms with E-state index in [-0.39, 0.29) is 17.6 Å². The molecule has 2 aliphatic rings. The number of carbonyl (C=O) groups is 1. The molecular weight excluding hydrogens is 305 g/mol. The summed E-state index contributed by atoms with van der Waals surface area (Å²) in [4.78, 5) is 14.4. The summed E-state index contributed by atoms with van der Waals surface area (Å²) in [7, 11) is 0. The molecule has 3 rings (SSSR count). The molecule has 0 aromatic heterocycles. The topological polar surface area (TPSA) is 58.4 Å². The van der Waals surface area contributed by atoms with E-state index in [1.807, 2.05) is 6.07 Å². The second-order valence-electron chi connectivity index (χ2n) is 7.19. The second kappa shape index (κ2) is 8.08. The molecule has 2 fully saturated rings. The first kappa shape index (κ1) is 17.4. The number of likely N-dealkylation sites (tertiary alicyclic amines) is 1. The number of nitrogens with two attached hydrogens (primary N) is 1.